The van der Waals surface area contributed by atoms with Crippen molar-refractivity contribution in [2.24, 2.45) is 11.8 Å². The highest BCUT2D eigenvalue weighted by molar-refractivity contribution is 5.78. The smallest absolute Gasteiger partial charge is 0.421 e. The van der Waals surface area contributed by atoms with Gasteiger partial charge in [0.15, 0.2) is 0 Å². The van der Waals surface area contributed by atoms with E-state index >= 15 is 0 Å². The molecule has 0 aromatic rings. The predicted molar refractivity (Wildman–Crippen MR) is 58.5 cm³/mol. The highest BCUT2D eigenvalue weighted by Crippen LogP contribution is 2.27. The molecule has 0 saturated heterocycles. The van der Waals surface area contributed by atoms with Crippen LogP contribution in [0.5, 0.6) is 0 Å². The van der Waals surface area contributed by atoms with E-state index in [2.05, 4.69) is 0 Å². The molecule has 0 bridgehead atoms. The molecule has 0 radical (unpaired) electrons. The summed E-state index contributed by atoms with van der Waals surface area (Å²) >= 11 is 0. The van der Waals surface area contributed by atoms with E-state index in [-0.39, 0.29) is 17.9 Å². The maximum Gasteiger partial charge on any atom is 0.421 e. The Morgan fingerprint density at radius 3 is 2.44 bits per heavy atom. The second kappa shape index (κ2) is 5.16. The maximum absolute atomic E-state index is 11.8. The number of nitrogens with zero attached hydrogens (tertiary/aromatic N) is 2. The van der Waals surface area contributed by atoms with Crippen molar-refractivity contribution in [3.8, 4) is 0 Å². The van der Waals surface area contributed by atoms with Gasteiger partial charge < -0.3 is 10.0 Å². The summed E-state index contributed by atoms with van der Waals surface area (Å²) in [6.45, 7) is 0. The summed E-state index contributed by atoms with van der Waals surface area (Å²) in [4.78, 5) is 24.0. The van der Waals surface area contributed by atoms with Crippen molar-refractivity contribution in [2.45, 2.75) is 31.7 Å². The van der Waals surface area contributed by atoms with Gasteiger partial charge in [0.25, 0.3) is 0 Å². The SMILES string of the molecule is CN(C)C(=O)[C@H]1CCCC(N(N)C(=O)O)C1. The largest absolute Gasteiger partial charge is 0.464 e. The molecule has 1 saturated carbocycles. The van der Waals surface area contributed by atoms with E-state index in [4.69, 9.17) is 10.9 Å². The summed E-state index contributed by atoms with van der Waals surface area (Å²) in [5.41, 5.74) is 0. The molecule has 6 heteroatoms. The quantitative estimate of drug-likeness (QED) is 0.410. The predicted octanol–water partition coefficient (Wildman–Crippen LogP) is 0.487. The Balaban J connectivity index is 2.60. The average molecular weight is 229 g/mol. The topological polar surface area (TPSA) is 86.9 Å². The van der Waals surface area contributed by atoms with E-state index in [1.807, 2.05) is 0 Å². The van der Waals surface area contributed by atoms with Crippen LogP contribution >= 0.6 is 0 Å². The van der Waals surface area contributed by atoms with Gasteiger partial charge in [0.1, 0.15) is 0 Å². The molecule has 92 valence electrons. The molecular weight excluding hydrogens is 210 g/mol. The molecule has 16 heavy (non-hydrogen) atoms. The van der Waals surface area contributed by atoms with Crippen molar-refractivity contribution in [2.75, 3.05) is 14.1 Å². The molecule has 3 N–H and O–H groups in total. The highest BCUT2D eigenvalue weighted by Gasteiger charge is 2.32. The number of rotatable bonds is 2. The summed E-state index contributed by atoms with van der Waals surface area (Å²) in [5, 5.41) is 9.60. The van der Waals surface area contributed by atoms with E-state index in [0.717, 1.165) is 24.3 Å². The Bertz CT molecular complexity index is 280. The minimum Gasteiger partial charge on any atom is -0.464 e. The Labute approximate surface area is 95.0 Å². The minimum atomic E-state index is -1.14. The first-order chi connectivity index (χ1) is 7.43. The molecular formula is C10H19N3O3. The van der Waals surface area contributed by atoms with Gasteiger partial charge in [-0.25, -0.2) is 15.6 Å². The molecule has 0 aromatic carbocycles. The fourth-order valence-electron chi connectivity index (χ4n) is 2.16. The lowest BCUT2D eigenvalue weighted by Gasteiger charge is -2.33. The van der Waals surface area contributed by atoms with Crippen LogP contribution in [0.2, 0.25) is 0 Å². The molecule has 2 amide bonds. The van der Waals surface area contributed by atoms with Gasteiger partial charge in [-0.3, -0.25) is 4.79 Å². The van der Waals surface area contributed by atoms with Crippen LogP contribution in [0.3, 0.4) is 0 Å². The first kappa shape index (κ1) is 12.8. The number of hydrogen-bond acceptors (Lipinski definition) is 3. The van der Waals surface area contributed by atoms with Crippen molar-refractivity contribution < 1.29 is 14.7 Å². The second-order valence-corrected chi connectivity index (χ2v) is 4.44. The Morgan fingerprint density at radius 2 is 1.94 bits per heavy atom. The third-order valence-electron chi connectivity index (χ3n) is 3.05. The van der Waals surface area contributed by atoms with Gasteiger partial charge in [0, 0.05) is 20.0 Å². The zero-order valence-electron chi connectivity index (χ0n) is 9.72. The van der Waals surface area contributed by atoms with Gasteiger partial charge >= 0.3 is 6.09 Å². The maximum atomic E-state index is 11.8. The average Bonchev–Trinajstić information content (AvgIpc) is 2.26. The van der Waals surface area contributed by atoms with E-state index in [9.17, 15) is 9.59 Å². The normalized spacial score (nSPS) is 24.9. The minimum absolute atomic E-state index is 0.0588. The molecule has 2 atom stereocenters. The Hall–Kier alpha value is -1.30. The molecule has 1 fully saturated rings. The van der Waals surface area contributed by atoms with Gasteiger partial charge in [0.2, 0.25) is 5.91 Å². The van der Waals surface area contributed by atoms with Crippen molar-refractivity contribution >= 4 is 12.0 Å². The van der Waals surface area contributed by atoms with Crippen LogP contribution in [-0.2, 0) is 4.79 Å². The number of nitrogens with two attached hydrogens (primary N) is 1. The van der Waals surface area contributed by atoms with Crippen molar-refractivity contribution in [3.63, 3.8) is 0 Å². The zero-order valence-corrected chi connectivity index (χ0v) is 9.72. The van der Waals surface area contributed by atoms with Crippen LogP contribution in [0.25, 0.3) is 0 Å². The molecule has 0 aliphatic heterocycles. The van der Waals surface area contributed by atoms with Gasteiger partial charge in [-0.2, -0.15) is 0 Å². The van der Waals surface area contributed by atoms with Gasteiger partial charge in [-0.1, -0.05) is 6.42 Å². The number of carbonyl (C=O) groups excluding carboxylic acids is 1. The molecule has 0 spiro atoms. The highest BCUT2D eigenvalue weighted by atomic mass is 16.4. The lowest BCUT2D eigenvalue weighted by atomic mass is 9.84. The summed E-state index contributed by atoms with van der Waals surface area (Å²) in [6.07, 6.45) is 1.79. The molecule has 0 aromatic heterocycles. The number of hydrogen-bond donors (Lipinski definition) is 2. The van der Waals surface area contributed by atoms with E-state index in [0.29, 0.717) is 6.42 Å². The summed E-state index contributed by atoms with van der Waals surface area (Å²) in [6, 6.07) is -0.236. The number of hydrazine groups is 1. The molecule has 1 aliphatic carbocycles. The van der Waals surface area contributed by atoms with Crippen molar-refractivity contribution in [3.05, 3.63) is 0 Å². The summed E-state index contributed by atoms with van der Waals surface area (Å²) < 4.78 is 0. The third kappa shape index (κ3) is 2.85. The van der Waals surface area contributed by atoms with E-state index in [1.165, 1.54) is 0 Å². The van der Waals surface area contributed by atoms with Crippen LogP contribution in [0.15, 0.2) is 0 Å². The number of amides is 2. The fourth-order valence-corrected chi connectivity index (χ4v) is 2.16. The van der Waals surface area contributed by atoms with Crippen LogP contribution in [0, 0.1) is 5.92 Å². The number of carboxylic acid groups (broad SMARTS) is 1. The van der Waals surface area contributed by atoms with Crippen molar-refractivity contribution in [1.82, 2.24) is 9.91 Å². The van der Waals surface area contributed by atoms with Crippen molar-refractivity contribution in [1.29, 1.82) is 0 Å². The van der Waals surface area contributed by atoms with E-state index < -0.39 is 6.09 Å². The van der Waals surface area contributed by atoms with Gasteiger partial charge in [0.05, 0.1) is 6.04 Å². The summed E-state index contributed by atoms with van der Waals surface area (Å²) in [7, 11) is 3.42. The second-order valence-electron chi connectivity index (χ2n) is 4.44. The first-order valence-corrected chi connectivity index (χ1v) is 5.41. The standard InChI is InChI=1S/C10H19N3O3/c1-12(2)9(14)7-4-3-5-8(6-7)13(11)10(15)16/h7-8H,3-6,11H2,1-2H3,(H,15,16)/t7-,8?/m0/s1. The Morgan fingerprint density at radius 1 is 1.31 bits per heavy atom. The molecule has 1 rings (SSSR count). The molecule has 6 nitrogen and oxygen atoms in total. The lowest BCUT2D eigenvalue weighted by molar-refractivity contribution is -0.134. The van der Waals surface area contributed by atoms with Crippen LogP contribution in [-0.4, -0.2) is 47.2 Å². The Kier molecular flexibility index (Phi) is 4.12. The third-order valence-corrected chi connectivity index (χ3v) is 3.05. The lowest BCUT2D eigenvalue weighted by Crippen LogP contribution is -2.48. The van der Waals surface area contributed by atoms with Gasteiger partial charge in [-0.15, -0.1) is 0 Å². The monoisotopic (exact) mass is 229 g/mol. The van der Waals surface area contributed by atoms with Crippen LogP contribution < -0.4 is 5.84 Å². The first-order valence-electron chi connectivity index (χ1n) is 5.41. The van der Waals surface area contributed by atoms with Crippen LogP contribution in [0.4, 0.5) is 4.79 Å². The van der Waals surface area contributed by atoms with Gasteiger partial charge in [-0.05, 0) is 19.3 Å². The van der Waals surface area contributed by atoms with Crippen LogP contribution in [0.1, 0.15) is 25.7 Å². The molecule has 1 aliphatic rings. The molecule has 0 heterocycles. The van der Waals surface area contributed by atoms with E-state index in [1.54, 1.807) is 19.0 Å². The summed E-state index contributed by atoms with van der Waals surface area (Å²) in [5.74, 6) is 5.40. The molecule has 1 unspecified atom stereocenters. The fraction of sp³-hybridized carbons (Fsp3) is 0.800. The zero-order chi connectivity index (χ0) is 12.3. The number of carbonyl (C=O) groups is 2.